The lowest BCUT2D eigenvalue weighted by Crippen LogP contribution is -2.45. The van der Waals surface area contributed by atoms with Gasteiger partial charge in [-0.1, -0.05) is 20.8 Å². The number of rotatable bonds is 6. The Morgan fingerprint density at radius 1 is 1.00 bits per heavy atom. The normalized spacial score (nSPS) is 18.2. The molecule has 0 spiro atoms. The second-order valence-electron chi connectivity index (χ2n) is 6.78. The fraction of sp³-hybridized carbons (Fsp3) is 1.00. The fourth-order valence-corrected chi connectivity index (χ4v) is 2.35. The molecule has 1 saturated carbocycles. The minimum Gasteiger partial charge on any atom is -0.313 e. The van der Waals surface area contributed by atoms with E-state index in [-0.39, 0.29) is 5.54 Å². The highest BCUT2D eigenvalue weighted by atomic mass is 15.0. The molecular weight excluding hydrogens is 184 g/mol. The van der Waals surface area contributed by atoms with E-state index in [4.69, 9.17) is 0 Å². The van der Waals surface area contributed by atoms with Crippen molar-refractivity contribution >= 4 is 0 Å². The predicted octanol–water partition coefficient (Wildman–Crippen LogP) is 2.54. The Morgan fingerprint density at radius 2 is 1.60 bits per heavy atom. The van der Waals surface area contributed by atoms with Crippen molar-refractivity contribution in [3.05, 3.63) is 0 Å². The number of hydrogen-bond acceptors (Lipinski definition) is 2. The summed E-state index contributed by atoms with van der Waals surface area (Å²) in [6, 6.07) is 0.831. The average molecular weight is 212 g/mol. The summed E-state index contributed by atoms with van der Waals surface area (Å²) in [7, 11) is 0. The maximum absolute atomic E-state index is 3.64. The van der Waals surface area contributed by atoms with Crippen LogP contribution in [0.1, 0.15) is 53.9 Å². The molecule has 2 nitrogen and oxygen atoms in total. The lowest BCUT2D eigenvalue weighted by atomic mass is 9.82. The smallest absolute Gasteiger partial charge is 0.0130 e. The van der Waals surface area contributed by atoms with E-state index in [0.717, 1.165) is 19.1 Å². The first-order valence-corrected chi connectivity index (χ1v) is 6.27. The van der Waals surface area contributed by atoms with Gasteiger partial charge in [-0.05, 0) is 38.5 Å². The topological polar surface area (TPSA) is 24.1 Å². The van der Waals surface area contributed by atoms with Crippen LogP contribution in [0, 0.1) is 5.41 Å². The van der Waals surface area contributed by atoms with Crippen molar-refractivity contribution < 1.29 is 0 Å². The van der Waals surface area contributed by atoms with Gasteiger partial charge in [-0.15, -0.1) is 0 Å². The Kier molecular flexibility index (Phi) is 4.19. The van der Waals surface area contributed by atoms with Crippen molar-refractivity contribution in [3.63, 3.8) is 0 Å². The molecule has 0 saturated heterocycles. The third-order valence-electron chi connectivity index (χ3n) is 2.71. The summed E-state index contributed by atoms with van der Waals surface area (Å²) in [5.74, 6) is 0. The van der Waals surface area contributed by atoms with Crippen LogP contribution in [-0.2, 0) is 0 Å². The van der Waals surface area contributed by atoms with Gasteiger partial charge in [-0.3, -0.25) is 0 Å². The maximum Gasteiger partial charge on any atom is 0.0130 e. The van der Waals surface area contributed by atoms with E-state index in [0.29, 0.717) is 5.41 Å². The summed E-state index contributed by atoms with van der Waals surface area (Å²) in [6.45, 7) is 13.7. The lowest BCUT2D eigenvalue weighted by Gasteiger charge is -2.33. The van der Waals surface area contributed by atoms with Gasteiger partial charge in [-0.2, -0.15) is 0 Å². The van der Waals surface area contributed by atoms with Crippen LogP contribution in [0.2, 0.25) is 0 Å². The molecule has 2 heteroatoms. The molecule has 0 aromatic rings. The first-order valence-electron chi connectivity index (χ1n) is 6.27. The van der Waals surface area contributed by atoms with Crippen molar-refractivity contribution in [1.29, 1.82) is 0 Å². The van der Waals surface area contributed by atoms with Gasteiger partial charge in [0.1, 0.15) is 0 Å². The SMILES string of the molecule is CC(C)(C)CC(C)(C)NCCNC1CC1. The Hall–Kier alpha value is -0.0800. The largest absolute Gasteiger partial charge is 0.313 e. The molecule has 1 fully saturated rings. The van der Waals surface area contributed by atoms with E-state index in [1.807, 2.05) is 0 Å². The van der Waals surface area contributed by atoms with Crippen LogP contribution in [0.15, 0.2) is 0 Å². The van der Waals surface area contributed by atoms with E-state index < -0.39 is 0 Å². The van der Waals surface area contributed by atoms with Gasteiger partial charge in [0.05, 0.1) is 0 Å². The van der Waals surface area contributed by atoms with Crippen molar-refractivity contribution in [1.82, 2.24) is 10.6 Å². The van der Waals surface area contributed by atoms with Gasteiger partial charge < -0.3 is 10.6 Å². The van der Waals surface area contributed by atoms with Crippen molar-refractivity contribution in [2.45, 2.75) is 65.5 Å². The first-order chi connectivity index (χ1) is 6.79. The predicted molar refractivity (Wildman–Crippen MR) is 67.2 cm³/mol. The summed E-state index contributed by atoms with van der Waals surface area (Å²) in [4.78, 5) is 0. The Bertz CT molecular complexity index is 187. The highest BCUT2D eigenvalue weighted by molar-refractivity contribution is 4.85. The molecule has 0 amide bonds. The lowest BCUT2D eigenvalue weighted by molar-refractivity contribution is 0.242. The summed E-state index contributed by atoms with van der Waals surface area (Å²) >= 11 is 0. The van der Waals surface area contributed by atoms with E-state index in [9.17, 15) is 0 Å². The minimum atomic E-state index is 0.253. The molecule has 0 radical (unpaired) electrons. The Balaban J connectivity index is 2.10. The summed E-state index contributed by atoms with van der Waals surface area (Å²) < 4.78 is 0. The molecule has 0 aromatic carbocycles. The van der Waals surface area contributed by atoms with Crippen LogP contribution in [0.5, 0.6) is 0 Å². The number of nitrogens with one attached hydrogen (secondary N) is 2. The van der Waals surface area contributed by atoms with Gasteiger partial charge in [0.25, 0.3) is 0 Å². The van der Waals surface area contributed by atoms with E-state index in [2.05, 4.69) is 45.3 Å². The molecule has 1 aliphatic rings. The van der Waals surface area contributed by atoms with Gasteiger partial charge in [0.2, 0.25) is 0 Å². The summed E-state index contributed by atoms with van der Waals surface area (Å²) in [5, 5.41) is 7.17. The van der Waals surface area contributed by atoms with Crippen molar-refractivity contribution in [2.24, 2.45) is 5.41 Å². The molecule has 1 rings (SSSR count). The molecule has 0 unspecified atom stereocenters. The van der Waals surface area contributed by atoms with Gasteiger partial charge in [0, 0.05) is 24.7 Å². The average Bonchev–Trinajstić information content (AvgIpc) is 2.76. The zero-order valence-electron chi connectivity index (χ0n) is 11.1. The first kappa shape index (κ1) is 13.0. The van der Waals surface area contributed by atoms with E-state index in [1.54, 1.807) is 0 Å². The van der Waals surface area contributed by atoms with Gasteiger partial charge in [0.15, 0.2) is 0 Å². The van der Waals surface area contributed by atoms with Crippen LogP contribution in [-0.4, -0.2) is 24.7 Å². The third kappa shape index (κ3) is 6.91. The Labute approximate surface area is 95.2 Å². The fourth-order valence-electron chi connectivity index (χ4n) is 2.35. The molecular formula is C13H28N2. The highest BCUT2D eigenvalue weighted by Gasteiger charge is 2.25. The summed E-state index contributed by atoms with van der Waals surface area (Å²) in [5.41, 5.74) is 0.657. The summed E-state index contributed by atoms with van der Waals surface area (Å²) in [6.07, 6.45) is 3.97. The molecule has 2 N–H and O–H groups in total. The van der Waals surface area contributed by atoms with Crippen LogP contribution >= 0.6 is 0 Å². The second kappa shape index (κ2) is 4.84. The van der Waals surface area contributed by atoms with Crippen LogP contribution in [0.4, 0.5) is 0 Å². The molecule has 0 aliphatic heterocycles. The van der Waals surface area contributed by atoms with Crippen LogP contribution < -0.4 is 10.6 Å². The monoisotopic (exact) mass is 212 g/mol. The quantitative estimate of drug-likeness (QED) is 0.661. The molecule has 90 valence electrons. The minimum absolute atomic E-state index is 0.253. The van der Waals surface area contributed by atoms with Crippen molar-refractivity contribution in [2.75, 3.05) is 13.1 Å². The molecule has 15 heavy (non-hydrogen) atoms. The van der Waals surface area contributed by atoms with Crippen LogP contribution in [0.25, 0.3) is 0 Å². The van der Waals surface area contributed by atoms with E-state index in [1.165, 1.54) is 19.3 Å². The zero-order chi connectivity index (χ0) is 11.5. The molecule has 0 bridgehead atoms. The van der Waals surface area contributed by atoms with Gasteiger partial charge >= 0.3 is 0 Å². The third-order valence-corrected chi connectivity index (χ3v) is 2.71. The van der Waals surface area contributed by atoms with Crippen LogP contribution in [0.3, 0.4) is 0 Å². The molecule has 0 aromatic heterocycles. The van der Waals surface area contributed by atoms with E-state index >= 15 is 0 Å². The standard InChI is InChI=1S/C13H28N2/c1-12(2,3)10-13(4,5)15-9-8-14-11-6-7-11/h11,14-15H,6-10H2,1-5H3. The molecule has 0 heterocycles. The molecule has 0 atom stereocenters. The van der Waals surface area contributed by atoms with Gasteiger partial charge in [-0.25, -0.2) is 0 Å². The maximum atomic E-state index is 3.64. The Morgan fingerprint density at radius 3 is 2.07 bits per heavy atom. The second-order valence-corrected chi connectivity index (χ2v) is 6.78. The zero-order valence-corrected chi connectivity index (χ0v) is 11.1. The van der Waals surface area contributed by atoms with Crippen molar-refractivity contribution in [3.8, 4) is 0 Å². The highest BCUT2D eigenvalue weighted by Crippen LogP contribution is 2.26. The number of hydrogen-bond donors (Lipinski definition) is 2. The molecule has 1 aliphatic carbocycles.